The first-order chi connectivity index (χ1) is 11.0. The molecule has 4 N–H and O–H groups in total. The number of nitrogen functional groups attached to an aromatic ring is 2. The maximum Gasteiger partial charge on any atom is 0.222 e. The predicted molar refractivity (Wildman–Crippen MR) is 93.7 cm³/mol. The molecule has 0 atom stereocenters. The molecule has 5 nitrogen and oxygen atoms in total. The van der Waals surface area contributed by atoms with Gasteiger partial charge >= 0.3 is 0 Å². The van der Waals surface area contributed by atoms with Crippen LogP contribution in [0.5, 0.6) is 0 Å². The Labute approximate surface area is 133 Å². The minimum absolute atomic E-state index is 0.0600. The number of hydrogen-bond donors (Lipinski definition) is 2. The number of nitrogens with zero attached hydrogens (tertiary/aromatic N) is 2. The van der Waals surface area contributed by atoms with Gasteiger partial charge in [-0.15, -0.1) is 0 Å². The summed E-state index contributed by atoms with van der Waals surface area (Å²) in [4.78, 5) is 19.4. The molecule has 5 heteroatoms. The molecule has 3 aromatic rings. The van der Waals surface area contributed by atoms with E-state index < -0.39 is 0 Å². The van der Waals surface area contributed by atoms with Crippen LogP contribution in [-0.2, 0) is 0 Å². The predicted octanol–water partition coefficient (Wildman–Crippen LogP) is 3.17. The van der Waals surface area contributed by atoms with Gasteiger partial charge in [0.15, 0.2) is 5.78 Å². The highest BCUT2D eigenvalue weighted by atomic mass is 16.1. The number of benzene rings is 2. The van der Waals surface area contributed by atoms with Crippen molar-refractivity contribution in [3.8, 4) is 0 Å². The number of fused-ring (bicyclic) bond motifs is 1. The Balaban J connectivity index is 1.90. The molecular weight excluding hydrogens is 288 g/mol. The molecule has 0 fully saturated rings. The lowest BCUT2D eigenvalue weighted by Crippen LogP contribution is -2.00. The fourth-order valence-corrected chi connectivity index (χ4v) is 2.31. The summed E-state index contributed by atoms with van der Waals surface area (Å²) in [6.45, 7) is 1.55. The van der Waals surface area contributed by atoms with Crippen molar-refractivity contribution < 1.29 is 4.79 Å². The second-order valence-corrected chi connectivity index (χ2v) is 5.26. The highest BCUT2D eigenvalue weighted by molar-refractivity contribution is 5.94. The van der Waals surface area contributed by atoms with Crippen molar-refractivity contribution >= 4 is 40.6 Å². The molecule has 1 heterocycles. The van der Waals surface area contributed by atoms with Gasteiger partial charge in [0.1, 0.15) is 5.82 Å². The molecule has 0 saturated carbocycles. The lowest BCUT2D eigenvalue weighted by molar-refractivity contribution is 0.101. The molecule has 114 valence electrons. The topological polar surface area (TPSA) is 94.9 Å². The standard InChI is InChI=1S/C18H16N4O/c1-11(23)14-7-4-12(5-8-14)2-3-13-6-9-16-15(10-13)17(19)22-18(20)21-16/h2-10H,1H3,(H4,19,20,21,22)/b3-2+. The Morgan fingerprint density at radius 2 is 1.61 bits per heavy atom. The monoisotopic (exact) mass is 304 g/mol. The zero-order chi connectivity index (χ0) is 16.4. The molecule has 23 heavy (non-hydrogen) atoms. The molecule has 0 aliphatic rings. The Morgan fingerprint density at radius 3 is 2.30 bits per heavy atom. The first-order valence-corrected chi connectivity index (χ1v) is 7.15. The number of anilines is 2. The van der Waals surface area contributed by atoms with Crippen molar-refractivity contribution in [2.24, 2.45) is 0 Å². The minimum atomic E-state index is 0.0600. The maximum atomic E-state index is 11.3. The van der Waals surface area contributed by atoms with Gasteiger partial charge in [0, 0.05) is 10.9 Å². The van der Waals surface area contributed by atoms with Crippen LogP contribution >= 0.6 is 0 Å². The van der Waals surface area contributed by atoms with Crippen LogP contribution in [0.4, 0.5) is 11.8 Å². The maximum absolute atomic E-state index is 11.3. The SMILES string of the molecule is CC(=O)c1ccc(/C=C/c2ccc3nc(N)nc(N)c3c2)cc1. The second kappa shape index (κ2) is 5.88. The number of carbonyl (C=O) groups is 1. The van der Waals surface area contributed by atoms with Crippen molar-refractivity contribution in [3.63, 3.8) is 0 Å². The third-order valence-electron chi connectivity index (χ3n) is 3.55. The summed E-state index contributed by atoms with van der Waals surface area (Å²) in [6, 6.07) is 13.2. The van der Waals surface area contributed by atoms with E-state index in [-0.39, 0.29) is 11.7 Å². The number of rotatable bonds is 3. The third-order valence-corrected chi connectivity index (χ3v) is 3.55. The van der Waals surface area contributed by atoms with E-state index in [1.54, 1.807) is 6.92 Å². The summed E-state index contributed by atoms with van der Waals surface area (Å²) in [5.74, 6) is 0.599. The van der Waals surface area contributed by atoms with Gasteiger partial charge in [-0.3, -0.25) is 4.79 Å². The minimum Gasteiger partial charge on any atom is -0.383 e. The normalized spacial score (nSPS) is 11.2. The second-order valence-electron chi connectivity index (χ2n) is 5.26. The van der Waals surface area contributed by atoms with E-state index in [4.69, 9.17) is 11.5 Å². The lowest BCUT2D eigenvalue weighted by atomic mass is 10.1. The third kappa shape index (κ3) is 3.18. The Bertz CT molecular complexity index is 914. The van der Waals surface area contributed by atoms with Crippen molar-refractivity contribution in [2.45, 2.75) is 6.92 Å². The zero-order valence-electron chi connectivity index (χ0n) is 12.7. The summed E-state index contributed by atoms with van der Waals surface area (Å²) < 4.78 is 0. The molecule has 0 radical (unpaired) electrons. The smallest absolute Gasteiger partial charge is 0.222 e. The first kappa shape index (κ1) is 14.7. The summed E-state index contributed by atoms with van der Waals surface area (Å²) in [7, 11) is 0. The van der Waals surface area contributed by atoms with E-state index in [0.717, 1.165) is 22.0 Å². The van der Waals surface area contributed by atoms with Gasteiger partial charge in [0.05, 0.1) is 5.52 Å². The van der Waals surface area contributed by atoms with Crippen LogP contribution in [0.3, 0.4) is 0 Å². The van der Waals surface area contributed by atoms with Crippen molar-refractivity contribution in [2.75, 3.05) is 11.5 Å². The molecule has 0 amide bonds. The number of nitrogens with two attached hydrogens (primary N) is 2. The van der Waals surface area contributed by atoms with Gasteiger partial charge in [-0.05, 0) is 30.2 Å². The van der Waals surface area contributed by atoms with Crippen LogP contribution in [0.2, 0.25) is 0 Å². The fourth-order valence-electron chi connectivity index (χ4n) is 2.31. The van der Waals surface area contributed by atoms with E-state index in [0.29, 0.717) is 11.4 Å². The van der Waals surface area contributed by atoms with E-state index >= 15 is 0 Å². The number of Topliss-reactive ketones (excluding diaryl/α,β-unsaturated/α-hetero) is 1. The Morgan fingerprint density at radius 1 is 0.957 bits per heavy atom. The first-order valence-electron chi connectivity index (χ1n) is 7.15. The van der Waals surface area contributed by atoms with Crippen LogP contribution in [0.15, 0.2) is 42.5 Å². The number of aromatic nitrogens is 2. The number of carbonyl (C=O) groups excluding carboxylic acids is 1. The van der Waals surface area contributed by atoms with Gasteiger partial charge in [-0.25, -0.2) is 4.98 Å². The van der Waals surface area contributed by atoms with E-state index in [2.05, 4.69) is 9.97 Å². The molecule has 0 aliphatic carbocycles. The number of hydrogen-bond acceptors (Lipinski definition) is 5. The highest BCUT2D eigenvalue weighted by Crippen LogP contribution is 2.21. The van der Waals surface area contributed by atoms with Gasteiger partial charge in [0.25, 0.3) is 0 Å². The average molecular weight is 304 g/mol. The molecule has 2 aromatic carbocycles. The summed E-state index contributed by atoms with van der Waals surface area (Å²) in [5.41, 5.74) is 14.9. The highest BCUT2D eigenvalue weighted by Gasteiger charge is 2.03. The Hall–Kier alpha value is -3.21. The molecular formula is C18H16N4O. The molecule has 1 aromatic heterocycles. The molecule has 0 unspecified atom stereocenters. The molecule has 0 aliphatic heterocycles. The quantitative estimate of drug-likeness (QED) is 0.572. The van der Waals surface area contributed by atoms with Crippen molar-refractivity contribution in [3.05, 3.63) is 59.2 Å². The largest absolute Gasteiger partial charge is 0.383 e. The zero-order valence-corrected chi connectivity index (χ0v) is 12.7. The van der Waals surface area contributed by atoms with Crippen LogP contribution in [0.25, 0.3) is 23.1 Å². The van der Waals surface area contributed by atoms with Gasteiger partial charge in [-0.2, -0.15) is 4.98 Å². The fraction of sp³-hybridized carbons (Fsp3) is 0.0556. The molecule has 0 saturated heterocycles. The van der Waals surface area contributed by atoms with Crippen LogP contribution in [0.1, 0.15) is 28.4 Å². The molecule has 0 spiro atoms. The van der Waals surface area contributed by atoms with Crippen molar-refractivity contribution in [1.82, 2.24) is 9.97 Å². The summed E-state index contributed by atoms with van der Waals surface area (Å²) in [5, 5.41) is 0.772. The van der Waals surface area contributed by atoms with Crippen LogP contribution < -0.4 is 11.5 Å². The average Bonchev–Trinajstić information content (AvgIpc) is 2.53. The summed E-state index contributed by atoms with van der Waals surface area (Å²) in [6.07, 6.45) is 3.94. The van der Waals surface area contributed by atoms with E-state index in [1.807, 2.05) is 54.6 Å². The van der Waals surface area contributed by atoms with Gasteiger partial charge in [0.2, 0.25) is 5.95 Å². The van der Waals surface area contributed by atoms with Crippen LogP contribution in [-0.4, -0.2) is 15.8 Å². The Kier molecular flexibility index (Phi) is 3.76. The number of ketones is 1. The van der Waals surface area contributed by atoms with E-state index in [9.17, 15) is 4.79 Å². The van der Waals surface area contributed by atoms with E-state index in [1.165, 1.54) is 0 Å². The van der Waals surface area contributed by atoms with Gasteiger partial charge in [-0.1, -0.05) is 42.5 Å². The van der Waals surface area contributed by atoms with Crippen LogP contribution in [0, 0.1) is 0 Å². The molecule has 0 bridgehead atoms. The van der Waals surface area contributed by atoms with Gasteiger partial charge < -0.3 is 11.5 Å². The summed E-state index contributed by atoms with van der Waals surface area (Å²) >= 11 is 0. The molecule has 3 rings (SSSR count). The van der Waals surface area contributed by atoms with Crippen molar-refractivity contribution in [1.29, 1.82) is 0 Å². The lowest BCUT2D eigenvalue weighted by Gasteiger charge is -2.03.